The Morgan fingerprint density at radius 1 is 1.00 bits per heavy atom. The molecule has 2 aromatic heterocycles. The first-order valence-corrected chi connectivity index (χ1v) is 5.85. The van der Waals surface area contributed by atoms with E-state index in [-0.39, 0.29) is 0 Å². The van der Waals surface area contributed by atoms with E-state index in [2.05, 4.69) is 31.2 Å². The summed E-state index contributed by atoms with van der Waals surface area (Å²) in [5.41, 5.74) is 2.07. The standard InChI is InChI=1S/C12H12BrN3/c13-10-4-5-12(16-7-10)9-14-8-11-3-1-2-6-15-11/h1-7,14H,8-9H2. The van der Waals surface area contributed by atoms with E-state index in [4.69, 9.17) is 0 Å². The van der Waals surface area contributed by atoms with Crippen molar-refractivity contribution < 1.29 is 0 Å². The topological polar surface area (TPSA) is 37.8 Å². The molecule has 0 atom stereocenters. The fraction of sp³-hybridized carbons (Fsp3) is 0.167. The molecule has 0 aliphatic heterocycles. The molecule has 0 bridgehead atoms. The third-order valence-electron chi connectivity index (χ3n) is 2.13. The maximum Gasteiger partial charge on any atom is 0.0542 e. The van der Waals surface area contributed by atoms with E-state index in [0.717, 1.165) is 29.0 Å². The highest BCUT2D eigenvalue weighted by molar-refractivity contribution is 9.10. The Labute approximate surface area is 103 Å². The quantitative estimate of drug-likeness (QED) is 0.933. The minimum absolute atomic E-state index is 0.754. The van der Waals surface area contributed by atoms with Crippen LogP contribution >= 0.6 is 15.9 Å². The Balaban J connectivity index is 1.82. The first kappa shape index (κ1) is 11.2. The second-order valence-electron chi connectivity index (χ2n) is 3.39. The molecular weight excluding hydrogens is 266 g/mol. The first-order valence-electron chi connectivity index (χ1n) is 5.05. The van der Waals surface area contributed by atoms with Crippen LogP contribution in [0.3, 0.4) is 0 Å². The van der Waals surface area contributed by atoms with Crippen molar-refractivity contribution >= 4 is 15.9 Å². The third-order valence-corrected chi connectivity index (χ3v) is 2.60. The van der Waals surface area contributed by atoms with Gasteiger partial charge in [0.15, 0.2) is 0 Å². The molecule has 2 heterocycles. The zero-order valence-corrected chi connectivity index (χ0v) is 10.3. The molecule has 0 amide bonds. The fourth-order valence-electron chi connectivity index (χ4n) is 1.33. The van der Waals surface area contributed by atoms with Crippen molar-refractivity contribution in [2.75, 3.05) is 0 Å². The lowest BCUT2D eigenvalue weighted by Gasteiger charge is -2.03. The molecule has 82 valence electrons. The molecule has 0 spiro atoms. The van der Waals surface area contributed by atoms with Gasteiger partial charge in [-0.05, 0) is 40.2 Å². The number of nitrogens with zero attached hydrogens (tertiary/aromatic N) is 2. The van der Waals surface area contributed by atoms with Gasteiger partial charge in [0.25, 0.3) is 0 Å². The lowest BCUT2D eigenvalue weighted by Crippen LogP contribution is -2.14. The van der Waals surface area contributed by atoms with Crippen molar-refractivity contribution in [3.05, 3.63) is 58.6 Å². The van der Waals surface area contributed by atoms with Gasteiger partial charge < -0.3 is 5.32 Å². The minimum Gasteiger partial charge on any atom is -0.306 e. The second-order valence-corrected chi connectivity index (χ2v) is 4.31. The van der Waals surface area contributed by atoms with Crippen LogP contribution in [0.4, 0.5) is 0 Å². The molecular formula is C12H12BrN3. The summed E-state index contributed by atoms with van der Waals surface area (Å²) >= 11 is 3.36. The van der Waals surface area contributed by atoms with Crippen LogP contribution in [0.1, 0.15) is 11.4 Å². The van der Waals surface area contributed by atoms with Gasteiger partial charge in [-0.15, -0.1) is 0 Å². The first-order chi connectivity index (χ1) is 7.84. The highest BCUT2D eigenvalue weighted by Crippen LogP contribution is 2.07. The number of hydrogen-bond acceptors (Lipinski definition) is 3. The number of pyridine rings is 2. The molecule has 4 heteroatoms. The van der Waals surface area contributed by atoms with Crippen molar-refractivity contribution in [3.8, 4) is 0 Å². The highest BCUT2D eigenvalue weighted by atomic mass is 79.9. The van der Waals surface area contributed by atoms with Gasteiger partial charge in [-0.1, -0.05) is 6.07 Å². The molecule has 3 nitrogen and oxygen atoms in total. The number of halogens is 1. The predicted octanol–water partition coefficient (Wildman–Crippen LogP) is 2.53. The predicted molar refractivity (Wildman–Crippen MR) is 66.7 cm³/mol. The van der Waals surface area contributed by atoms with Crippen molar-refractivity contribution in [2.45, 2.75) is 13.1 Å². The maximum atomic E-state index is 4.28. The van der Waals surface area contributed by atoms with E-state index in [1.807, 2.05) is 30.3 Å². The molecule has 0 radical (unpaired) electrons. The van der Waals surface area contributed by atoms with Crippen LogP contribution in [0.5, 0.6) is 0 Å². The summed E-state index contributed by atoms with van der Waals surface area (Å²) in [6, 6.07) is 9.89. The molecule has 1 N–H and O–H groups in total. The van der Waals surface area contributed by atoms with E-state index < -0.39 is 0 Å². The van der Waals surface area contributed by atoms with E-state index in [9.17, 15) is 0 Å². The smallest absolute Gasteiger partial charge is 0.0542 e. The van der Waals surface area contributed by atoms with Crippen LogP contribution in [0.25, 0.3) is 0 Å². The summed E-state index contributed by atoms with van der Waals surface area (Å²) in [5.74, 6) is 0. The lowest BCUT2D eigenvalue weighted by atomic mass is 10.3. The van der Waals surface area contributed by atoms with Gasteiger partial charge in [0.2, 0.25) is 0 Å². The third kappa shape index (κ3) is 3.40. The average Bonchev–Trinajstić information content (AvgIpc) is 2.33. The van der Waals surface area contributed by atoms with Crippen LogP contribution in [-0.4, -0.2) is 9.97 Å². The van der Waals surface area contributed by atoms with Crippen molar-refractivity contribution in [2.24, 2.45) is 0 Å². The number of aromatic nitrogens is 2. The van der Waals surface area contributed by atoms with Gasteiger partial charge in [0.05, 0.1) is 11.4 Å². The lowest BCUT2D eigenvalue weighted by molar-refractivity contribution is 0.667. The van der Waals surface area contributed by atoms with Crippen molar-refractivity contribution in [3.63, 3.8) is 0 Å². The van der Waals surface area contributed by atoms with Crippen LogP contribution in [-0.2, 0) is 13.1 Å². The highest BCUT2D eigenvalue weighted by Gasteiger charge is 1.95. The summed E-state index contributed by atoms with van der Waals surface area (Å²) < 4.78 is 1.00. The number of rotatable bonds is 4. The van der Waals surface area contributed by atoms with Crippen molar-refractivity contribution in [1.82, 2.24) is 15.3 Å². The number of hydrogen-bond donors (Lipinski definition) is 1. The molecule has 0 aliphatic rings. The fourth-order valence-corrected chi connectivity index (χ4v) is 1.57. The van der Waals surface area contributed by atoms with Crippen LogP contribution < -0.4 is 5.32 Å². The molecule has 0 aromatic carbocycles. The molecule has 0 unspecified atom stereocenters. The minimum atomic E-state index is 0.754. The summed E-state index contributed by atoms with van der Waals surface area (Å²) in [5, 5.41) is 3.30. The Hall–Kier alpha value is -1.26. The molecule has 0 aliphatic carbocycles. The van der Waals surface area contributed by atoms with E-state index in [1.165, 1.54) is 0 Å². The molecule has 2 rings (SSSR count). The summed E-state index contributed by atoms with van der Waals surface area (Å²) in [6.45, 7) is 1.52. The summed E-state index contributed by atoms with van der Waals surface area (Å²) in [4.78, 5) is 8.51. The van der Waals surface area contributed by atoms with E-state index in [0.29, 0.717) is 0 Å². The monoisotopic (exact) mass is 277 g/mol. The Kier molecular flexibility index (Phi) is 4.02. The largest absolute Gasteiger partial charge is 0.306 e. The van der Waals surface area contributed by atoms with Crippen LogP contribution in [0, 0.1) is 0 Å². The van der Waals surface area contributed by atoms with Gasteiger partial charge in [0, 0.05) is 30.0 Å². The molecule has 0 saturated carbocycles. The van der Waals surface area contributed by atoms with Gasteiger partial charge in [-0.3, -0.25) is 9.97 Å². The zero-order chi connectivity index (χ0) is 11.2. The molecule has 0 fully saturated rings. The summed E-state index contributed by atoms with van der Waals surface area (Å²) in [7, 11) is 0. The SMILES string of the molecule is Brc1ccc(CNCc2ccccn2)nc1. The molecule has 16 heavy (non-hydrogen) atoms. The normalized spacial score (nSPS) is 10.3. The molecule has 2 aromatic rings. The van der Waals surface area contributed by atoms with Gasteiger partial charge in [0.1, 0.15) is 0 Å². The van der Waals surface area contributed by atoms with Gasteiger partial charge >= 0.3 is 0 Å². The number of nitrogens with one attached hydrogen (secondary N) is 1. The van der Waals surface area contributed by atoms with Gasteiger partial charge in [-0.2, -0.15) is 0 Å². The molecule has 0 saturated heterocycles. The second kappa shape index (κ2) is 5.72. The van der Waals surface area contributed by atoms with E-state index in [1.54, 1.807) is 12.4 Å². The van der Waals surface area contributed by atoms with Crippen LogP contribution in [0.2, 0.25) is 0 Å². The Morgan fingerprint density at radius 3 is 2.44 bits per heavy atom. The Bertz CT molecular complexity index is 428. The van der Waals surface area contributed by atoms with Gasteiger partial charge in [-0.25, -0.2) is 0 Å². The van der Waals surface area contributed by atoms with E-state index >= 15 is 0 Å². The Morgan fingerprint density at radius 2 is 1.81 bits per heavy atom. The maximum absolute atomic E-state index is 4.28. The average molecular weight is 278 g/mol. The zero-order valence-electron chi connectivity index (χ0n) is 8.73. The van der Waals surface area contributed by atoms with Crippen LogP contribution in [0.15, 0.2) is 47.2 Å². The van der Waals surface area contributed by atoms with Crippen molar-refractivity contribution in [1.29, 1.82) is 0 Å². The summed E-state index contributed by atoms with van der Waals surface area (Å²) in [6.07, 6.45) is 3.60.